The highest BCUT2D eigenvalue weighted by Crippen LogP contribution is 2.16. The van der Waals surface area contributed by atoms with Crippen molar-refractivity contribution in [2.24, 2.45) is 0 Å². The molecule has 1 aromatic heterocycles. The Morgan fingerprint density at radius 3 is 2.67 bits per heavy atom. The second-order valence-corrected chi connectivity index (χ2v) is 7.31. The van der Waals surface area contributed by atoms with Crippen LogP contribution in [0.1, 0.15) is 38.9 Å². The summed E-state index contributed by atoms with van der Waals surface area (Å²) in [5.41, 5.74) is 1.07. The van der Waals surface area contributed by atoms with Crippen LogP contribution < -0.4 is 10.6 Å². The summed E-state index contributed by atoms with van der Waals surface area (Å²) in [7, 11) is 0. The lowest BCUT2D eigenvalue weighted by Gasteiger charge is -2.15. The molecule has 0 radical (unpaired) electrons. The zero-order chi connectivity index (χ0) is 19.4. The molecule has 2 aromatic rings. The molecule has 0 spiro atoms. The third-order valence-corrected chi connectivity index (χ3v) is 4.60. The number of hydrogen-bond acceptors (Lipinski definition) is 4. The number of urea groups is 1. The maximum Gasteiger partial charge on any atom is 0.325 e. The normalized spacial score (nSPS) is 16.0. The van der Waals surface area contributed by atoms with Crippen molar-refractivity contribution in [2.75, 3.05) is 13.1 Å². The molecule has 0 unspecified atom stereocenters. The van der Waals surface area contributed by atoms with Crippen molar-refractivity contribution in [1.29, 1.82) is 0 Å². The molecule has 1 aliphatic rings. The van der Waals surface area contributed by atoms with Gasteiger partial charge in [0.25, 0.3) is 5.91 Å². The number of H-pyrrole nitrogens is 1. The van der Waals surface area contributed by atoms with Gasteiger partial charge in [-0.15, -0.1) is 0 Å². The quantitative estimate of drug-likeness (QED) is 0.485. The first-order valence-electron chi connectivity index (χ1n) is 9.21. The number of nitrogens with one attached hydrogen (secondary N) is 3. The third-order valence-electron chi connectivity index (χ3n) is 4.60. The predicted octanol–water partition coefficient (Wildman–Crippen LogP) is 1.72. The lowest BCUT2D eigenvalue weighted by molar-refractivity contribution is -0.134. The predicted molar refractivity (Wildman–Crippen MR) is 101 cm³/mol. The fourth-order valence-corrected chi connectivity index (χ4v) is 3.11. The van der Waals surface area contributed by atoms with E-state index in [2.05, 4.69) is 20.6 Å². The first kappa shape index (κ1) is 18.9. The number of para-hydroxylation sites is 2. The number of aryl methyl sites for hydroxylation is 1. The Kier molecular flexibility index (Phi) is 5.43. The van der Waals surface area contributed by atoms with Crippen LogP contribution in [0.15, 0.2) is 24.3 Å². The Hall–Kier alpha value is -2.90. The number of carbonyl (C=O) groups excluding carboxylic acids is 3. The van der Waals surface area contributed by atoms with Crippen LogP contribution in [0.3, 0.4) is 0 Å². The van der Waals surface area contributed by atoms with Gasteiger partial charge < -0.3 is 15.6 Å². The molecule has 144 valence electrons. The van der Waals surface area contributed by atoms with Crippen molar-refractivity contribution in [3.8, 4) is 0 Å². The van der Waals surface area contributed by atoms with Gasteiger partial charge in [-0.1, -0.05) is 18.6 Å². The molecule has 4 amide bonds. The minimum absolute atomic E-state index is 0.243. The number of benzene rings is 1. The second-order valence-electron chi connectivity index (χ2n) is 7.31. The SMILES string of the molecule is CC1(C)NC(=O)N(CC(=O)NCCCCCc2nc3ccccc3[nH]2)C1=O. The molecule has 0 atom stereocenters. The summed E-state index contributed by atoms with van der Waals surface area (Å²) in [4.78, 5) is 44.6. The van der Waals surface area contributed by atoms with E-state index in [1.165, 1.54) is 0 Å². The summed E-state index contributed by atoms with van der Waals surface area (Å²) in [6.45, 7) is 3.51. The van der Waals surface area contributed by atoms with E-state index in [0.29, 0.717) is 6.54 Å². The highest BCUT2D eigenvalue weighted by molar-refractivity contribution is 6.08. The summed E-state index contributed by atoms with van der Waals surface area (Å²) in [6.07, 6.45) is 3.61. The molecular formula is C19H25N5O3. The van der Waals surface area contributed by atoms with E-state index in [1.807, 2.05) is 24.3 Å². The number of carbonyl (C=O) groups is 3. The molecule has 0 saturated carbocycles. The van der Waals surface area contributed by atoms with E-state index in [4.69, 9.17) is 0 Å². The molecule has 8 heteroatoms. The van der Waals surface area contributed by atoms with Gasteiger partial charge in [0.05, 0.1) is 11.0 Å². The first-order chi connectivity index (χ1) is 12.9. The van der Waals surface area contributed by atoms with Crippen molar-refractivity contribution < 1.29 is 14.4 Å². The van der Waals surface area contributed by atoms with Gasteiger partial charge in [-0.25, -0.2) is 9.78 Å². The van der Waals surface area contributed by atoms with Crippen molar-refractivity contribution in [3.05, 3.63) is 30.1 Å². The van der Waals surface area contributed by atoms with Crippen LogP contribution in [-0.4, -0.2) is 51.3 Å². The Labute approximate surface area is 157 Å². The minimum Gasteiger partial charge on any atom is -0.355 e. The number of hydrogen-bond donors (Lipinski definition) is 3. The summed E-state index contributed by atoms with van der Waals surface area (Å²) < 4.78 is 0. The minimum atomic E-state index is -0.950. The van der Waals surface area contributed by atoms with Crippen molar-refractivity contribution in [3.63, 3.8) is 0 Å². The number of amides is 4. The Balaban J connectivity index is 1.32. The third kappa shape index (κ3) is 4.45. The summed E-state index contributed by atoms with van der Waals surface area (Å²) in [5, 5.41) is 5.32. The van der Waals surface area contributed by atoms with Crippen LogP contribution in [0.2, 0.25) is 0 Å². The number of aromatic amines is 1. The lowest BCUT2D eigenvalue weighted by Crippen LogP contribution is -2.43. The molecule has 2 heterocycles. The Morgan fingerprint density at radius 1 is 1.19 bits per heavy atom. The molecule has 8 nitrogen and oxygen atoms in total. The smallest absolute Gasteiger partial charge is 0.325 e. The van der Waals surface area contributed by atoms with Crippen molar-refractivity contribution in [1.82, 2.24) is 25.5 Å². The van der Waals surface area contributed by atoms with Gasteiger partial charge in [0, 0.05) is 13.0 Å². The number of aromatic nitrogens is 2. The fraction of sp³-hybridized carbons (Fsp3) is 0.474. The van der Waals surface area contributed by atoms with Gasteiger partial charge in [0.15, 0.2) is 0 Å². The van der Waals surface area contributed by atoms with E-state index >= 15 is 0 Å². The average Bonchev–Trinajstić information content (AvgIpc) is 3.11. The van der Waals surface area contributed by atoms with E-state index < -0.39 is 11.6 Å². The van der Waals surface area contributed by atoms with E-state index in [0.717, 1.165) is 47.4 Å². The van der Waals surface area contributed by atoms with E-state index in [-0.39, 0.29) is 18.4 Å². The number of fused-ring (bicyclic) bond motifs is 1. The van der Waals surface area contributed by atoms with Crippen LogP contribution in [0.25, 0.3) is 11.0 Å². The molecule has 1 fully saturated rings. The van der Waals surface area contributed by atoms with Crippen LogP contribution in [0.5, 0.6) is 0 Å². The number of imide groups is 1. The molecule has 27 heavy (non-hydrogen) atoms. The zero-order valence-corrected chi connectivity index (χ0v) is 15.7. The number of nitrogens with zero attached hydrogens (tertiary/aromatic N) is 2. The van der Waals surface area contributed by atoms with Crippen molar-refractivity contribution >= 4 is 28.9 Å². The standard InChI is InChI=1S/C19H25N5O3/c1-19(2)17(26)24(18(27)23-19)12-16(25)20-11-7-3-4-10-15-21-13-8-5-6-9-14(13)22-15/h5-6,8-9H,3-4,7,10-12H2,1-2H3,(H,20,25)(H,21,22)(H,23,27). The highest BCUT2D eigenvalue weighted by atomic mass is 16.2. The molecule has 0 bridgehead atoms. The van der Waals surface area contributed by atoms with E-state index in [1.54, 1.807) is 13.8 Å². The van der Waals surface area contributed by atoms with Crippen LogP contribution in [0.4, 0.5) is 4.79 Å². The molecular weight excluding hydrogens is 346 g/mol. The zero-order valence-electron chi connectivity index (χ0n) is 15.7. The summed E-state index contributed by atoms with van der Waals surface area (Å²) >= 11 is 0. The largest absolute Gasteiger partial charge is 0.355 e. The Morgan fingerprint density at radius 2 is 1.96 bits per heavy atom. The van der Waals surface area contributed by atoms with Crippen molar-refractivity contribution in [2.45, 2.75) is 45.1 Å². The van der Waals surface area contributed by atoms with E-state index in [9.17, 15) is 14.4 Å². The van der Waals surface area contributed by atoms with Crippen LogP contribution in [0, 0.1) is 0 Å². The molecule has 1 aromatic carbocycles. The first-order valence-corrected chi connectivity index (χ1v) is 9.21. The molecule has 3 N–H and O–H groups in total. The average molecular weight is 371 g/mol. The number of imidazole rings is 1. The maximum atomic E-state index is 12.0. The Bertz CT molecular complexity index is 825. The topological polar surface area (TPSA) is 107 Å². The van der Waals surface area contributed by atoms with Gasteiger partial charge in [-0.2, -0.15) is 0 Å². The number of rotatable bonds is 8. The van der Waals surface area contributed by atoms with Crippen LogP contribution >= 0.6 is 0 Å². The molecule has 3 rings (SSSR count). The number of unbranched alkanes of at least 4 members (excludes halogenated alkanes) is 2. The van der Waals surface area contributed by atoms with Gasteiger partial charge in [0.2, 0.25) is 5.91 Å². The molecule has 1 aliphatic heterocycles. The van der Waals surface area contributed by atoms with Gasteiger partial charge >= 0.3 is 6.03 Å². The fourth-order valence-electron chi connectivity index (χ4n) is 3.11. The highest BCUT2D eigenvalue weighted by Gasteiger charge is 2.44. The second kappa shape index (κ2) is 7.77. The monoisotopic (exact) mass is 371 g/mol. The molecule has 1 saturated heterocycles. The van der Waals surface area contributed by atoms with Gasteiger partial charge in [0.1, 0.15) is 17.9 Å². The summed E-state index contributed by atoms with van der Waals surface area (Å²) in [5.74, 6) is 0.267. The van der Waals surface area contributed by atoms with Gasteiger partial charge in [-0.05, 0) is 38.8 Å². The van der Waals surface area contributed by atoms with Crippen LogP contribution in [-0.2, 0) is 16.0 Å². The summed E-state index contributed by atoms with van der Waals surface area (Å²) in [6, 6.07) is 7.42. The lowest BCUT2D eigenvalue weighted by atomic mass is 10.1. The van der Waals surface area contributed by atoms with Gasteiger partial charge in [-0.3, -0.25) is 14.5 Å². The molecule has 0 aliphatic carbocycles. The maximum absolute atomic E-state index is 12.0.